The van der Waals surface area contributed by atoms with E-state index >= 15 is 0 Å². The maximum atomic E-state index is 13.5. The van der Waals surface area contributed by atoms with E-state index < -0.39 is 0 Å². The second kappa shape index (κ2) is 8.44. The molecule has 1 saturated heterocycles. The highest BCUT2D eigenvalue weighted by Gasteiger charge is 2.35. The molecule has 5 heteroatoms. The third-order valence-corrected chi connectivity index (χ3v) is 5.96. The monoisotopic (exact) mass is 424 g/mol. The average Bonchev–Trinajstić information content (AvgIpc) is 2.84. The number of morpholine rings is 1. The molecule has 0 aliphatic carbocycles. The van der Waals surface area contributed by atoms with Gasteiger partial charge in [-0.1, -0.05) is 48.0 Å². The third-order valence-electron chi connectivity index (χ3n) is 5.96. The van der Waals surface area contributed by atoms with Crippen LogP contribution in [0.15, 0.2) is 72.8 Å². The Kier molecular flexibility index (Phi) is 5.33. The summed E-state index contributed by atoms with van der Waals surface area (Å²) in [6, 6.07) is 22.9. The quantitative estimate of drug-likeness (QED) is 0.457. The third kappa shape index (κ3) is 3.72. The number of hydrogen-bond acceptors (Lipinski definition) is 4. The fourth-order valence-corrected chi connectivity index (χ4v) is 4.19. The first-order valence-corrected chi connectivity index (χ1v) is 10.8. The van der Waals surface area contributed by atoms with Crippen molar-refractivity contribution >= 4 is 34.8 Å². The standard InChI is InChI=1S/C27H24N2O3/c1-19-6-10-22(11-7-19)29-26(30)24-5-3-2-4-23(24)25(27(29)31)18-20-8-12-21(13-9-20)28-14-16-32-17-15-28/h2-13,18H,14-17H2,1H3/b25-18-. The summed E-state index contributed by atoms with van der Waals surface area (Å²) < 4.78 is 5.43. The van der Waals surface area contributed by atoms with E-state index in [1.165, 1.54) is 4.90 Å². The van der Waals surface area contributed by atoms with Crippen LogP contribution in [0.5, 0.6) is 0 Å². The lowest BCUT2D eigenvalue weighted by atomic mass is 9.91. The van der Waals surface area contributed by atoms with Crippen LogP contribution in [0, 0.1) is 6.92 Å². The van der Waals surface area contributed by atoms with Crippen molar-refractivity contribution in [2.75, 3.05) is 36.1 Å². The molecule has 2 aliphatic rings. The largest absolute Gasteiger partial charge is 0.378 e. The summed E-state index contributed by atoms with van der Waals surface area (Å²) in [5, 5.41) is 0. The summed E-state index contributed by atoms with van der Waals surface area (Å²) in [4.78, 5) is 30.3. The van der Waals surface area contributed by atoms with Gasteiger partial charge in [-0.25, -0.2) is 4.90 Å². The molecule has 3 aromatic rings. The second-order valence-electron chi connectivity index (χ2n) is 8.08. The van der Waals surface area contributed by atoms with Crippen LogP contribution < -0.4 is 9.80 Å². The lowest BCUT2D eigenvalue weighted by Gasteiger charge is -2.29. The van der Waals surface area contributed by atoms with E-state index in [0.29, 0.717) is 22.4 Å². The number of carbonyl (C=O) groups is 2. The molecule has 2 heterocycles. The minimum absolute atomic E-state index is 0.297. The van der Waals surface area contributed by atoms with E-state index in [-0.39, 0.29) is 11.8 Å². The van der Waals surface area contributed by atoms with E-state index in [4.69, 9.17) is 4.74 Å². The maximum absolute atomic E-state index is 13.5. The van der Waals surface area contributed by atoms with Gasteiger partial charge in [-0.05, 0) is 54.5 Å². The molecular formula is C27H24N2O3. The Balaban J connectivity index is 1.53. The molecule has 0 atom stereocenters. The van der Waals surface area contributed by atoms with Crippen LogP contribution in [0.1, 0.15) is 27.0 Å². The first-order chi connectivity index (χ1) is 15.6. The van der Waals surface area contributed by atoms with Crippen molar-refractivity contribution in [1.29, 1.82) is 0 Å². The van der Waals surface area contributed by atoms with Crippen LogP contribution in [0.2, 0.25) is 0 Å². The summed E-state index contributed by atoms with van der Waals surface area (Å²) in [7, 11) is 0. The summed E-state index contributed by atoms with van der Waals surface area (Å²) >= 11 is 0. The molecule has 0 unspecified atom stereocenters. The number of rotatable bonds is 3. The Hall–Kier alpha value is -3.70. The van der Waals surface area contributed by atoms with Crippen molar-refractivity contribution in [2.45, 2.75) is 6.92 Å². The molecule has 0 radical (unpaired) electrons. The molecule has 5 rings (SSSR count). The number of benzene rings is 3. The molecule has 3 aromatic carbocycles. The van der Waals surface area contributed by atoms with E-state index in [2.05, 4.69) is 17.0 Å². The minimum Gasteiger partial charge on any atom is -0.378 e. The van der Waals surface area contributed by atoms with Crippen LogP contribution in [0.25, 0.3) is 11.6 Å². The molecular weight excluding hydrogens is 400 g/mol. The smallest absolute Gasteiger partial charge is 0.265 e. The Morgan fingerprint density at radius 3 is 2.06 bits per heavy atom. The van der Waals surface area contributed by atoms with Crippen LogP contribution >= 0.6 is 0 Å². The molecule has 32 heavy (non-hydrogen) atoms. The second-order valence-corrected chi connectivity index (χ2v) is 8.08. The lowest BCUT2D eigenvalue weighted by molar-refractivity contribution is -0.112. The summed E-state index contributed by atoms with van der Waals surface area (Å²) in [5.41, 5.74) is 5.42. The number of fused-ring (bicyclic) bond motifs is 1. The highest BCUT2D eigenvalue weighted by Crippen LogP contribution is 2.33. The first kappa shape index (κ1) is 20.2. The Morgan fingerprint density at radius 2 is 1.38 bits per heavy atom. The van der Waals surface area contributed by atoms with Crippen molar-refractivity contribution in [1.82, 2.24) is 0 Å². The van der Waals surface area contributed by atoms with Gasteiger partial charge in [0.25, 0.3) is 11.8 Å². The highest BCUT2D eigenvalue weighted by molar-refractivity contribution is 6.43. The predicted molar refractivity (Wildman–Crippen MR) is 127 cm³/mol. The zero-order valence-corrected chi connectivity index (χ0v) is 18.0. The SMILES string of the molecule is Cc1ccc(N2C(=O)/C(=C\c3ccc(N4CCOCC4)cc3)c3ccccc3C2=O)cc1. The normalized spacial score (nSPS) is 17.6. The van der Waals surface area contributed by atoms with Gasteiger partial charge in [-0.2, -0.15) is 0 Å². The van der Waals surface area contributed by atoms with Crippen LogP contribution in [0.4, 0.5) is 11.4 Å². The summed E-state index contributed by atoms with van der Waals surface area (Å²) in [6.45, 7) is 5.20. The Bertz CT molecular complexity index is 1190. The number of nitrogens with zero attached hydrogens (tertiary/aromatic N) is 2. The van der Waals surface area contributed by atoms with E-state index in [9.17, 15) is 9.59 Å². The van der Waals surface area contributed by atoms with Gasteiger partial charge in [0.2, 0.25) is 0 Å². The van der Waals surface area contributed by atoms with Gasteiger partial charge < -0.3 is 9.64 Å². The summed E-state index contributed by atoms with van der Waals surface area (Å²) in [5.74, 6) is -0.607. The van der Waals surface area contributed by atoms with Crippen LogP contribution in [-0.2, 0) is 9.53 Å². The van der Waals surface area contributed by atoms with Crippen molar-refractivity contribution in [3.8, 4) is 0 Å². The van der Waals surface area contributed by atoms with Crippen LogP contribution in [0.3, 0.4) is 0 Å². The van der Waals surface area contributed by atoms with E-state index in [0.717, 1.165) is 43.1 Å². The van der Waals surface area contributed by atoms with Gasteiger partial charge >= 0.3 is 0 Å². The van der Waals surface area contributed by atoms with Gasteiger partial charge in [-0.15, -0.1) is 0 Å². The molecule has 0 bridgehead atoms. The number of hydrogen-bond donors (Lipinski definition) is 0. The average molecular weight is 425 g/mol. The first-order valence-electron chi connectivity index (χ1n) is 10.8. The molecule has 0 aromatic heterocycles. The van der Waals surface area contributed by atoms with Crippen molar-refractivity contribution < 1.29 is 14.3 Å². The lowest BCUT2D eigenvalue weighted by Crippen LogP contribution is -2.41. The van der Waals surface area contributed by atoms with E-state index in [1.807, 2.05) is 67.6 Å². The molecule has 5 nitrogen and oxygen atoms in total. The minimum atomic E-state index is -0.310. The molecule has 2 aliphatic heterocycles. The molecule has 160 valence electrons. The molecule has 1 fully saturated rings. The topological polar surface area (TPSA) is 49.9 Å². The van der Waals surface area contributed by atoms with Gasteiger partial charge in [0.1, 0.15) is 0 Å². The van der Waals surface area contributed by atoms with E-state index in [1.54, 1.807) is 6.07 Å². The van der Waals surface area contributed by atoms with Gasteiger partial charge in [0, 0.05) is 29.9 Å². The molecule has 0 N–H and O–H groups in total. The number of anilines is 2. The Labute approximate surface area is 187 Å². The van der Waals surface area contributed by atoms with Crippen LogP contribution in [-0.4, -0.2) is 38.1 Å². The number of imide groups is 1. The number of aryl methyl sites for hydroxylation is 1. The molecule has 0 saturated carbocycles. The fraction of sp³-hybridized carbons (Fsp3) is 0.185. The highest BCUT2D eigenvalue weighted by atomic mass is 16.5. The van der Waals surface area contributed by atoms with Crippen molar-refractivity contribution in [3.63, 3.8) is 0 Å². The zero-order chi connectivity index (χ0) is 22.1. The number of carbonyl (C=O) groups excluding carboxylic acids is 2. The Morgan fingerprint density at radius 1 is 0.750 bits per heavy atom. The summed E-state index contributed by atoms with van der Waals surface area (Å²) in [6.07, 6.45) is 1.87. The van der Waals surface area contributed by atoms with Gasteiger partial charge in [-0.3, -0.25) is 9.59 Å². The number of amides is 2. The maximum Gasteiger partial charge on any atom is 0.265 e. The fourth-order valence-electron chi connectivity index (χ4n) is 4.19. The van der Waals surface area contributed by atoms with Gasteiger partial charge in [0.15, 0.2) is 0 Å². The van der Waals surface area contributed by atoms with Gasteiger partial charge in [0.05, 0.1) is 18.9 Å². The predicted octanol–water partition coefficient (Wildman–Crippen LogP) is 4.56. The number of ether oxygens (including phenoxy) is 1. The zero-order valence-electron chi connectivity index (χ0n) is 18.0. The molecule has 2 amide bonds. The van der Waals surface area contributed by atoms with Crippen molar-refractivity contribution in [2.24, 2.45) is 0 Å². The molecule has 0 spiro atoms. The van der Waals surface area contributed by atoms with Crippen molar-refractivity contribution in [3.05, 3.63) is 95.1 Å².